The molecule has 24 heavy (non-hydrogen) atoms. The number of anilines is 1. The maximum Gasteiger partial charge on any atom is 0.258 e. The molecular formula is C19H20N4O. The second-order valence-electron chi connectivity index (χ2n) is 6.25. The first-order valence-corrected chi connectivity index (χ1v) is 8.23. The Balaban J connectivity index is 1.72. The molecule has 5 heteroatoms. The summed E-state index contributed by atoms with van der Waals surface area (Å²) in [4.78, 5) is 19.4. The van der Waals surface area contributed by atoms with Crippen LogP contribution in [-0.4, -0.2) is 22.5 Å². The highest BCUT2D eigenvalue weighted by molar-refractivity contribution is 5.54. The summed E-state index contributed by atoms with van der Waals surface area (Å²) < 4.78 is 1.61. The maximum atomic E-state index is 12.4. The van der Waals surface area contributed by atoms with E-state index in [1.54, 1.807) is 10.5 Å². The quantitative estimate of drug-likeness (QED) is 0.786. The Bertz CT molecular complexity index is 947. The molecule has 0 atom stereocenters. The van der Waals surface area contributed by atoms with Crippen molar-refractivity contribution in [3.05, 3.63) is 75.8 Å². The molecule has 5 nitrogen and oxygen atoms in total. The Kier molecular flexibility index (Phi) is 3.78. The third kappa shape index (κ3) is 2.78. The lowest BCUT2D eigenvalue weighted by Gasteiger charge is -2.24. The maximum absolute atomic E-state index is 12.4. The molecule has 0 spiro atoms. The van der Waals surface area contributed by atoms with Crippen molar-refractivity contribution in [1.29, 1.82) is 0 Å². The Morgan fingerprint density at radius 2 is 2.08 bits per heavy atom. The fourth-order valence-electron chi connectivity index (χ4n) is 3.23. The average Bonchev–Trinajstić information content (AvgIpc) is 2.78. The summed E-state index contributed by atoms with van der Waals surface area (Å²) in [6.07, 6.45) is 1.83. The number of nitrogens with zero attached hydrogens (tertiary/aromatic N) is 3. The van der Waals surface area contributed by atoms with Gasteiger partial charge in [0.2, 0.25) is 0 Å². The van der Waals surface area contributed by atoms with Gasteiger partial charge in [-0.3, -0.25) is 9.20 Å². The van der Waals surface area contributed by atoms with Crippen LogP contribution in [-0.2, 0) is 13.1 Å². The van der Waals surface area contributed by atoms with E-state index in [1.807, 2.05) is 25.3 Å². The summed E-state index contributed by atoms with van der Waals surface area (Å²) in [5.41, 5.74) is 5.02. The van der Waals surface area contributed by atoms with E-state index in [0.717, 1.165) is 30.9 Å². The van der Waals surface area contributed by atoms with Crippen LogP contribution in [0.25, 0.3) is 5.65 Å². The molecule has 4 rings (SSSR count). The van der Waals surface area contributed by atoms with Crippen LogP contribution in [0.4, 0.5) is 5.69 Å². The summed E-state index contributed by atoms with van der Waals surface area (Å²) in [5, 5.41) is 3.44. The fourth-order valence-corrected chi connectivity index (χ4v) is 3.23. The number of pyridine rings is 1. The highest BCUT2D eigenvalue weighted by atomic mass is 16.1. The summed E-state index contributed by atoms with van der Waals surface area (Å²) >= 11 is 0. The normalized spacial score (nSPS) is 14.5. The van der Waals surface area contributed by atoms with Gasteiger partial charge in [-0.1, -0.05) is 24.3 Å². The van der Waals surface area contributed by atoms with Crippen LogP contribution in [0.3, 0.4) is 0 Å². The molecule has 1 aliphatic rings. The van der Waals surface area contributed by atoms with Crippen molar-refractivity contribution in [2.45, 2.75) is 20.0 Å². The van der Waals surface area contributed by atoms with E-state index in [-0.39, 0.29) is 5.56 Å². The molecule has 3 heterocycles. The van der Waals surface area contributed by atoms with Crippen molar-refractivity contribution in [3.8, 4) is 0 Å². The molecule has 1 aliphatic heterocycles. The van der Waals surface area contributed by atoms with E-state index < -0.39 is 0 Å². The SMILES string of the molecule is Cc1ccc2nc(CN3CCNCc4ccccc43)cc(=O)n2c1. The van der Waals surface area contributed by atoms with Crippen LogP contribution in [0.1, 0.15) is 16.8 Å². The number of benzene rings is 1. The Labute approximate surface area is 140 Å². The first-order chi connectivity index (χ1) is 11.7. The molecule has 122 valence electrons. The molecule has 3 aromatic rings. The molecule has 1 N–H and O–H groups in total. The zero-order valence-electron chi connectivity index (χ0n) is 13.7. The van der Waals surface area contributed by atoms with Crippen LogP contribution >= 0.6 is 0 Å². The number of hydrogen-bond donors (Lipinski definition) is 1. The summed E-state index contributed by atoms with van der Waals surface area (Å²) in [6, 6.07) is 13.9. The molecule has 1 aromatic carbocycles. The van der Waals surface area contributed by atoms with Crippen molar-refractivity contribution < 1.29 is 0 Å². The highest BCUT2D eigenvalue weighted by Crippen LogP contribution is 2.23. The monoisotopic (exact) mass is 320 g/mol. The van der Waals surface area contributed by atoms with Gasteiger partial charge in [0, 0.05) is 37.6 Å². The molecule has 2 aromatic heterocycles. The Morgan fingerprint density at radius 3 is 3.00 bits per heavy atom. The van der Waals surface area contributed by atoms with Gasteiger partial charge in [0.1, 0.15) is 5.65 Å². The molecule has 0 aliphatic carbocycles. The van der Waals surface area contributed by atoms with Crippen molar-refractivity contribution in [3.63, 3.8) is 0 Å². The predicted molar refractivity (Wildman–Crippen MR) is 95.4 cm³/mol. The smallest absolute Gasteiger partial charge is 0.258 e. The number of para-hydroxylation sites is 1. The van der Waals surface area contributed by atoms with Gasteiger partial charge in [0.05, 0.1) is 12.2 Å². The number of nitrogens with one attached hydrogen (secondary N) is 1. The van der Waals surface area contributed by atoms with E-state index in [2.05, 4.69) is 39.5 Å². The molecule has 0 amide bonds. The molecule has 0 fully saturated rings. The summed E-state index contributed by atoms with van der Waals surface area (Å²) in [6.45, 7) is 5.30. The van der Waals surface area contributed by atoms with Gasteiger partial charge in [-0.25, -0.2) is 4.98 Å². The van der Waals surface area contributed by atoms with Crippen molar-refractivity contribution in [2.24, 2.45) is 0 Å². The van der Waals surface area contributed by atoms with Gasteiger partial charge in [-0.2, -0.15) is 0 Å². The third-order valence-corrected chi connectivity index (χ3v) is 4.42. The van der Waals surface area contributed by atoms with Crippen LogP contribution in [0.2, 0.25) is 0 Å². The van der Waals surface area contributed by atoms with Crippen molar-refractivity contribution in [1.82, 2.24) is 14.7 Å². The van der Waals surface area contributed by atoms with Crippen LogP contribution in [0.15, 0.2) is 53.5 Å². The highest BCUT2D eigenvalue weighted by Gasteiger charge is 2.15. The largest absolute Gasteiger partial charge is 0.364 e. The number of aromatic nitrogens is 2. The summed E-state index contributed by atoms with van der Waals surface area (Å²) in [5.74, 6) is 0. The van der Waals surface area contributed by atoms with Gasteiger partial charge in [-0.05, 0) is 30.2 Å². The Morgan fingerprint density at radius 1 is 1.21 bits per heavy atom. The third-order valence-electron chi connectivity index (χ3n) is 4.42. The lowest BCUT2D eigenvalue weighted by Crippen LogP contribution is -2.29. The molecule has 0 saturated heterocycles. The zero-order valence-corrected chi connectivity index (χ0v) is 13.7. The molecule has 0 unspecified atom stereocenters. The van der Waals surface area contributed by atoms with Gasteiger partial charge in [0.15, 0.2) is 0 Å². The topological polar surface area (TPSA) is 49.6 Å². The van der Waals surface area contributed by atoms with Gasteiger partial charge >= 0.3 is 0 Å². The second kappa shape index (κ2) is 6.09. The molecular weight excluding hydrogens is 300 g/mol. The predicted octanol–water partition coefficient (Wildman–Crippen LogP) is 2.11. The molecule has 0 radical (unpaired) electrons. The van der Waals surface area contributed by atoms with E-state index in [1.165, 1.54) is 11.3 Å². The van der Waals surface area contributed by atoms with Crippen molar-refractivity contribution >= 4 is 11.3 Å². The summed E-state index contributed by atoms with van der Waals surface area (Å²) in [7, 11) is 0. The minimum absolute atomic E-state index is 0.0278. The van der Waals surface area contributed by atoms with E-state index >= 15 is 0 Å². The Hall–Kier alpha value is -2.66. The zero-order chi connectivity index (χ0) is 16.5. The lowest BCUT2D eigenvalue weighted by molar-refractivity contribution is 0.684. The number of fused-ring (bicyclic) bond motifs is 2. The minimum Gasteiger partial charge on any atom is -0.364 e. The van der Waals surface area contributed by atoms with E-state index in [4.69, 9.17) is 0 Å². The minimum atomic E-state index is -0.0278. The average molecular weight is 320 g/mol. The molecule has 0 saturated carbocycles. The van der Waals surface area contributed by atoms with Gasteiger partial charge in [0.25, 0.3) is 5.56 Å². The second-order valence-corrected chi connectivity index (χ2v) is 6.25. The standard InChI is InChI=1S/C19H20N4O/c1-14-6-7-18-21-16(10-19(24)23(18)12-14)13-22-9-8-20-11-15-4-2-3-5-17(15)22/h2-7,10,12,20H,8-9,11,13H2,1H3. The first-order valence-electron chi connectivity index (χ1n) is 8.23. The first kappa shape index (κ1) is 14.9. The number of hydrogen-bond acceptors (Lipinski definition) is 4. The van der Waals surface area contributed by atoms with Crippen LogP contribution in [0.5, 0.6) is 0 Å². The van der Waals surface area contributed by atoms with Gasteiger partial charge in [-0.15, -0.1) is 0 Å². The van der Waals surface area contributed by atoms with E-state index in [9.17, 15) is 4.79 Å². The number of rotatable bonds is 2. The van der Waals surface area contributed by atoms with E-state index in [0.29, 0.717) is 12.2 Å². The fraction of sp³-hybridized carbons (Fsp3) is 0.263. The van der Waals surface area contributed by atoms with Crippen molar-refractivity contribution in [2.75, 3.05) is 18.0 Å². The van der Waals surface area contributed by atoms with Crippen LogP contribution in [0, 0.1) is 6.92 Å². The van der Waals surface area contributed by atoms with Gasteiger partial charge < -0.3 is 10.2 Å². The van der Waals surface area contributed by atoms with Crippen LogP contribution < -0.4 is 15.8 Å². The number of aryl methyl sites for hydroxylation is 1. The molecule has 0 bridgehead atoms. The lowest BCUT2D eigenvalue weighted by atomic mass is 10.1.